The third-order valence-corrected chi connectivity index (χ3v) is 6.82. The van der Waals surface area contributed by atoms with Crippen LogP contribution in [0.25, 0.3) is 49.4 Å². The van der Waals surface area contributed by atoms with Crippen molar-refractivity contribution in [1.82, 2.24) is 0 Å². The van der Waals surface area contributed by atoms with Crippen LogP contribution in [-0.4, -0.2) is 14.1 Å². The third kappa shape index (κ3) is 3.77. The summed E-state index contributed by atoms with van der Waals surface area (Å²) < 4.78 is 2.41. The third-order valence-electron chi connectivity index (χ3n) is 6.82. The summed E-state index contributed by atoms with van der Waals surface area (Å²) in [5.74, 6) is 0. The summed E-state index contributed by atoms with van der Waals surface area (Å²) in [6.07, 6.45) is 0. The predicted octanol–water partition coefficient (Wildman–Crippen LogP) is 4.47. The Kier molecular flexibility index (Phi) is 6.04. The monoisotopic (exact) mass is 518 g/mol. The molecule has 0 amide bonds. The number of hydrogen-bond acceptors (Lipinski definition) is 1. The normalized spacial score (nSPS) is 11.1. The number of halogens is 1. The number of aromatic nitrogens is 1. The van der Waals surface area contributed by atoms with Crippen molar-refractivity contribution in [3.8, 4) is 16.8 Å². The quantitative estimate of drug-likeness (QED) is 0.247. The molecule has 0 saturated carbocycles. The maximum Gasteiger partial charge on any atom is 0.219 e. The van der Waals surface area contributed by atoms with Crippen LogP contribution in [0.1, 0.15) is 5.56 Å². The van der Waals surface area contributed by atoms with E-state index >= 15 is 0 Å². The first-order chi connectivity index (χ1) is 16.6. The largest absolute Gasteiger partial charge is 1.00 e. The molecule has 0 N–H and O–H groups in total. The van der Waals surface area contributed by atoms with Gasteiger partial charge in [-0.3, -0.25) is 0 Å². The molecule has 0 unspecified atom stereocenters. The zero-order valence-electron chi connectivity index (χ0n) is 20.2. The predicted molar refractivity (Wildman–Crippen MR) is 145 cm³/mol. The van der Waals surface area contributed by atoms with Crippen molar-refractivity contribution in [2.45, 2.75) is 6.92 Å². The maximum absolute atomic E-state index is 2.41. The Morgan fingerprint density at radius 3 is 2.14 bits per heavy atom. The fraction of sp³-hybridized carbons (Fsp3) is 0.0938. The number of benzene rings is 5. The fourth-order valence-corrected chi connectivity index (χ4v) is 5.20. The molecule has 0 aliphatic carbocycles. The second kappa shape index (κ2) is 9.16. The Balaban J connectivity index is 0.00000253. The Bertz CT molecular complexity index is 1680. The van der Waals surface area contributed by atoms with Gasteiger partial charge in [-0.05, 0) is 41.0 Å². The van der Waals surface area contributed by atoms with Crippen molar-refractivity contribution in [1.29, 1.82) is 0 Å². The van der Waals surface area contributed by atoms with Gasteiger partial charge in [-0.1, -0.05) is 72.8 Å². The first-order valence-corrected chi connectivity index (χ1v) is 11.8. The molecule has 0 spiro atoms. The summed E-state index contributed by atoms with van der Waals surface area (Å²) in [6, 6.07) is 39.5. The minimum Gasteiger partial charge on any atom is -1.00 e. The van der Waals surface area contributed by atoms with Crippen LogP contribution in [0.15, 0.2) is 109 Å². The highest BCUT2D eigenvalue weighted by atomic mass is 79.9. The van der Waals surface area contributed by atoms with E-state index in [1.54, 1.807) is 0 Å². The molecule has 0 fully saturated rings. The zero-order chi connectivity index (χ0) is 23.2. The van der Waals surface area contributed by atoms with E-state index in [4.69, 9.17) is 0 Å². The molecule has 6 rings (SSSR count). The Hall–Kier alpha value is -3.69. The molecule has 0 aliphatic rings. The number of anilines is 1. The van der Waals surface area contributed by atoms with Gasteiger partial charge in [0.25, 0.3) is 0 Å². The van der Waals surface area contributed by atoms with E-state index in [-0.39, 0.29) is 17.0 Å². The summed E-state index contributed by atoms with van der Waals surface area (Å²) in [5.41, 5.74) is 8.65. The molecular formula is C32H27BrN2. The van der Waals surface area contributed by atoms with Gasteiger partial charge in [-0.25, -0.2) is 0 Å². The number of aryl methyl sites for hydroxylation is 1. The zero-order valence-corrected chi connectivity index (χ0v) is 21.8. The standard InChI is InChI=1S/C32H27N2.BrH/c1-22-11-9-18-30-31(22)32(27-17-10-13-23-12-7-8-16-26(23)27)28-21-25(33(2)3)19-20-29(28)34(30)24-14-5-4-6-15-24;/h4-21H,1-3H3;1H/q+1;/p-1. The van der Waals surface area contributed by atoms with Gasteiger partial charge in [-0.2, -0.15) is 4.57 Å². The fourth-order valence-electron chi connectivity index (χ4n) is 5.20. The van der Waals surface area contributed by atoms with Crippen LogP contribution >= 0.6 is 0 Å². The summed E-state index contributed by atoms with van der Waals surface area (Å²) in [6.45, 7) is 2.23. The van der Waals surface area contributed by atoms with Crippen molar-refractivity contribution >= 4 is 38.3 Å². The van der Waals surface area contributed by atoms with Gasteiger partial charge >= 0.3 is 0 Å². The van der Waals surface area contributed by atoms with Crippen LogP contribution < -0.4 is 26.4 Å². The van der Waals surface area contributed by atoms with E-state index in [0.29, 0.717) is 0 Å². The minimum atomic E-state index is 0. The van der Waals surface area contributed by atoms with Crippen LogP contribution in [0.4, 0.5) is 5.69 Å². The first-order valence-electron chi connectivity index (χ1n) is 11.8. The average molecular weight is 519 g/mol. The molecule has 35 heavy (non-hydrogen) atoms. The molecule has 0 atom stereocenters. The lowest BCUT2D eigenvalue weighted by Gasteiger charge is -2.18. The lowest BCUT2D eigenvalue weighted by atomic mass is 9.90. The Labute approximate surface area is 216 Å². The summed E-state index contributed by atoms with van der Waals surface area (Å²) in [4.78, 5) is 2.18. The molecule has 1 heterocycles. The van der Waals surface area contributed by atoms with Crippen LogP contribution in [0.3, 0.4) is 0 Å². The van der Waals surface area contributed by atoms with E-state index in [2.05, 4.69) is 140 Å². The van der Waals surface area contributed by atoms with Gasteiger partial charge < -0.3 is 21.9 Å². The number of para-hydroxylation sites is 1. The smallest absolute Gasteiger partial charge is 0.219 e. The molecule has 2 nitrogen and oxygen atoms in total. The molecule has 0 saturated heterocycles. The second-order valence-corrected chi connectivity index (χ2v) is 9.14. The molecule has 0 aliphatic heterocycles. The van der Waals surface area contributed by atoms with Crippen LogP contribution in [-0.2, 0) is 0 Å². The number of fused-ring (bicyclic) bond motifs is 3. The van der Waals surface area contributed by atoms with Gasteiger partial charge in [0.2, 0.25) is 16.7 Å². The minimum absolute atomic E-state index is 0. The van der Waals surface area contributed by atoms with Gasteiger partial charge in [0, 0.05) is 49.6 Å². The van der Waals surface area contributed by atoms with Crippen molar-refractivity contribution in [3.63, 3.8) is 0 Å². The molecule has 5 aromatic carbocycles. The van der Waals surface area contributed by atoms with Crippen LogP contribution in [0.5, 0.6) is 0 Å². The molecular weight excluding hydrogens is 492 g/mol. The number of rotatable bonds is 3. The highest BCUT2D eigenvalue weighted by molar-refractivity contribution is 6.14. The van der Waals surface area contributed by atoms with Gasteiger partial charge in [0.05, 0.1) is 10.8 Å². The number of nitrogens with zero attached hydrogens (tertiary/aromatic N) is 2. The first kappa shape index (κ1) is 23.1. The molecule has 6 aromatic rings. The van der Waals surface area contributed by atoms with Crippen molar-refractivity contribution in [3.05, 3.63) is 115 Å². The van der Waals surface area contributed by atoms with Gasteiger partial charge in [0.15, 0.2) is 0 Å². The summed E-state index contributed by atoms with van der Waals surface area (Å²) >= 11 is 0. The van der Waals surface area contributed by atoms with Crippen LogP contribution in [0.2, 0.25) is 0 Å². The maximum atomic E-state index is 2.41. The van der Waals surface area contributed by atoms with Crippen molar-refractivity contribution in [2.75, 3.05) is 19.0 Å². The molecule has 0 bridgehead atoms. The molecule has 3 heteroatoms. The second-order valence-electron chi connectivity index (χ2n) is 9.14. The molecule has 172 valence electrons. The average Bonchev–Trinajstić information content (AvgIpc) is 2.87. The van der Waals surface area contributed by atoms with Crippen molar-refractivity contribution < 1.29 is 21.5 Å². The number of pyridine rings is 1. The Morgan fingerprint density at radius 2 is 1.34 bits per heavy atom. The van der Waals surface area contributed by atoms with Gasteiger partial charge in [-0.15, -0.1) is 0 Å². The van der Waals surface area contributed by atoms with Crippen molar-refractivity contribution in [2.24, 2.45) is 0 Å². The van der Waals surface area contributed by atoms with E-state index in [0.717, 1.165) is 0 Å². The molecule has 1 aromatic heterocycles. The highest BCUT2D eigenvalue weighted by Gasteiger charge is 2.25. The Morgan fingerprint density at radius 1 is 0.629 bits per heavy atom. The highest BCUT2D eigenvalue weighted by Crippen LogP contribution is 2.40. The number of hydrogen-bond donors (Lipinski definition) is 0. The van der Waals surface area contributed by atoms with Crippen LogP contribution in [0, 0.1) is 6.92 Å². The SMILES string of the molecule is Cc1cccc2c1c(-c1cccc3ccccc13)c1cc(N(C)C)ccc1[n+]2-c1ccccc1.[Br-]. The lowest BCUT2D eigenvalue weighted by Crippen LogP contribution is -3.00. The lowest BCUT2D eigenvalue weighted by molar-refractivity contribution is -0.537. The van der Waals surface area contributed by atoms with E-state index in [9.17, 15) is 0 Å². The topological polar surface area (TPSA) is 7.12 Å². The van der Waals surface area contributed by atoms with E-state index < -0.39 is 0 Å². The van der Waals surface area contributed by atoms with E-state index in [1.807, 2.05) is 0 Å². The van der Waals surface area contributed by atoms with Gasteiger partial charge in [0.1, 0.15) is 0 Å². The summed E-state index contributed by atoms with van der Waals surface area (Å²) in [5, 5.41) is 5.10. The van der Waals surface area contributed by atoms with E-state index in [1.165, 1.54) is 60.6 Å². The summed E-state index contributed by atoms with van der Waals surface area (Å²) in [7, 11) is 4.21. The molecule has 0 radical (unpaired) electrons.